The lowest BCUT2D eigenvalue weighted by Gasteiger charge is -2.40. The molecule has 2 heterocycles. The van der Waals surface area contributed by atoms with Crippen LogP contribution in [0.15, 0.2) is 12.1 Å². The van der Waals surface area contributed by atoms with Crippen molar-refractivity contribution in [1.82, 2.24) is 15.7 Å². The van der Waals surface area contributed by atoms with Crippen molar-refractivity contribution in [3.8, 4) is 0 Å². The van der Waals surface area contributed by atoms with Crippen molar-refractivity contribution in [2.24, 2.45) is 0 Å². The monoisotopic (exact) mass is 467 g/mol. The number of nitrogens with zero attached hydrogens (tertiary/aromatic N) is 3. The Morgan fingerprint density at radius 3 is 2.39 bits per heavy atom. The van der Waals surface area contributed by atoms with E-state index in [9.17, 15) is 18.4 Å². The number of ether oxygens (including phenoxy) is 1. The summed E-state index contributed by atoms with van der Waals surface area (Å²) in [5, 5.41) is 7.72. The molecule has 2 saturated heterocycles. The Kier molecular flexibility index (Phi) is 7.01. The quantitative estimate of drug-likeness (QED) is 0.593. The van der Waals surface area contributed by atoms with Crippen molar-refractivity contribution >= 4 is 23.4 Å². The van der Waals surface area contributed by atoms with Crippen LogP contribution in [0.5, 0.6) is 0 Å². The molecule has 0 radical (unpaired) electrons. The zero-order valence-corrected chi connectivity index (χ0v) is 19.0. The van der Waals surface area contributed by atoms with E-state index in [0.717, 1.165) is 37.8 Å². The van der Waals surface area contributed by atoms with Gasteiger partial charge in [-0.15, -0.1) is 0 Å². The Labute approximate surface area is 191 Å². The van der Waals surface area contributed by atoms with Crippen LogP contribution in [0.1, 0.15) is 32.6 Å². The summed E-state index contributed by atoms with van der Waals surface area (Å²) < 4.78 is 35.2. The number of rotatable bonds is 7. The van der Waals surface area contributed by atoms with E-state index in [1.807, 2.05) is 12.1 Å². The minimum atomic E-state index is -0.736. The number of carbonyl (C=O) groups is 2. The first kappa shape index (κ1) is 23.7. The molecule has 1 aromatic carbocycles. The first-order valence-electron chi connectivity index (χ1n) is 11.4. The summed E-state index contributed by atoms with van der Waals surface area (Å²) in [7, 11) is 1.89. The first-order chi connectivity index (χ1) is 15.8. The van der Waals surface area contributed by atoms with Crippen LogP contribution in [0.4, 0.5) is 25.0 Å². The van der Waals surface area contributed by atoms with E-state index in [1.165, 1.54) is 11.8 Å². The van der Waals surface area contributed by atoms with Gasteiger partial charge >= 0.3 is 6.09 Å². The third kappa shape index (κ3) is 5.20. The van der Waals surface area contributed by atoms with E-state index in [4.69, 9.17) is 9.57 Å². The molecule has 1 atom stereocenters. The number of hydrogen-bond acceptors (Lipinski definition) is 7. The molecule has 2 N–H and O–H groups in total. The van der Waals surface area contributed by atoms with Crippen molar-refractivity contribution in [2.45, 2.75) is 44.4 Å². The van der Waals surface area contributed by atoms with Crippen molar-refractivity contribution in [1.29, 1.82) is 0 Å². The van der Waals surface area contributed by atoms with Crippen LogP contribution in [0.3, 0.4) is 0 Å². The van der Waals surface area contributed by atoms with Crippen molar-refractivity contribution in [3.05, 3.63) is 23.8 Å². The molecule has 1 aromatic rings. The highest BCUT2D eigenvalue weighted by Crippen LogP contribution is 2.34. The van der Waals surface area contributed by atoms with Crippen LogP contribution in [0.25, 0.3) is 0 Å². The molecule has 33 heavy (non-hydrogen) atoms. The number of carbonyl (C=O) groups excluding carboxylic acids is 2. The number of anilines is 2. The fourth-order valence-electron chi connectivity index (χ4n) is 4.69. The highest BCUT2D eigenvalue weighted by atomic mass is 19.1. The molecule has 0 bridgehead atoms. The number of piperazine rings is 1. The number of amides is 2. The molecule has 0 spiro atoms. The largest absolute Gasteiger partial charge is 0.442 e. The molecule has 0 aromatic heterocycles. The van der Waals surface area contributed by atoms with Gasteiger partial charge in [-0.05, 0) is 32.7 Å². The number of halogens is 2. The van der Waals surface area contributed by atoms with E-state index in [-0.39, 0.29) is 36.1 Å². The fraction of sp³-hybridized carbons (Fsp3) is 0.636. The molecule has 4 rings (SSSR count). The third-order valence-corrected chi connectivity index (χ3v) is 6.49. The number of nitrogens with one attached hydrogen (secondary N) is 2. The van der Waals surface area contributed by atoms with Crippen molar-refractivity contribution in [3.63, 3.8) is 0 Å². The molecule has 2 amide bonds. The standard InChI is InChI=1S/C22H31F2N5O4/c1-15(30)26-13-17-14-29(21(31)32-17)16-11-18(23)20(19(24)12-16)27-7-9-28(10-8-27)33-22(25-2)5-3-4-6-22/h11-12,17,25H,3-10,13-14H2,1-2H3,(H,26,30). The summed E-state index contributed by atoms with van der Waals surface area (Å²) in [5.74, 6) is -1.72. The zero-order chi connectivity index (χ0) is 23.6. The minimum Gasteiger partial charge on any atom is -0.442 e. The molecule has 1 unspecified atom stereocenters. The summed E-state index contributed by atoms with van der Waals surface area (Å²) in [5.41, 5.74) is -0.365. The average Bonchev–Trinajstić information content (AvgIpc) is 3.40. The topological polar surface area (TPSA) is 86.4 Å². The molecule has 11 heteroatoms. The molecule has 1 aliphatic carbocycles. The van der Waals surface area contributed by atoms with Gasteiger partial charge in [0.2, 0.25) is 5.91 Å². The second-order valence-electron chi connectivity index (χ2n) is 8.77. The van der Waals surface area contributed by atoms with Crippen LogP contribution in [0.2, 0.25) is 0 Å². The summed E-state index contributed by atoms with van der Waals surface area (Å²) >= 11 is 0. The summed E-state index contributed by atoms with van der Waals surface area (Å²) in [6.07, 6.45) is 2.83. The molecule has 3 aliphatic rings. The Hall–Kier alpha value is -2.50. The summed E-state index contributed by atoms with van der Waals surface area (Å²) in [6.45, 7) is 3.47. The Morgan fingerprint density at radius 1 is 1.18 bits per heavy atom. The third-order valence-electron chi connectivity index (χ3n) is 6.49. The van der Waals surface area contributed by atoms with Gasteiger partial charge in [-0.3, -0.25) is 19.8 Å². The number of benzene rings is 1. The summed E-state index contributed by atoms with van der Waals surface area (Å²) in [4.78, 5) is 32.3. The lowest BCUT2D eigenvalue weighted by molar-refractivity contribution is -0.256. The molecular weight excluding hydrogens is 436 g/mol. The highest BCUT2D eigenvalue weighted by Gasteiger charge is 2.37. The molecule has 1 saturated carbocycles. The van der Waals surface area contributed by atoms with Gasteiger partial charge < -0.3 is 15.0 Å². The van der Waals surface area contributed by atoms with Crippen LogP contribution in [0, 0.1) is 11.6 Å². The lowest BCUT2D eigenvalue weighted by atomic mass is 10.2. The Balaban J connectivity index is 1.39. The van der Waals surface area contributed by atoms with Crippen LogP contribution in [-0.4, -0.2) is 75.2 Å². The highest BCUT2D eigenvalue weighted by molar-refractivity contribution is 5.90. The maximum atomic E-state index is 15.0. The zero-order valence-electron chi connectivity index (χ0n) is 19.0. The number of hydroxylamine groups is 2. The first-order valence-corrected chi connectivity index (χ1v) is 11.4. The molecule has 2 aliphatic heterocycles. The van der Waals surface area contributed by atoms with E-state index in [2.05, 4.69) is 10.6 Å². The van der Waals surface area contributed by atoms with Gasteiger partial charge in [0.1, 0.15) is 17.5 Å². The number of cyclic esters (lactones) is 1. The second kappa shape index (κ2) is 9.78. The molecule has 9 nitrogen and oxygen atoms in total. The van der Waals surface area contributed by atoms with Crippen molar-refractivity contribution in [2.75, 3.05) is 56.1 Å². The lowest BCUT2D eigenvalue weighted by Crippen LogP contribution is -2.54. The van der Waals surface area contributed by atoms with Gasteiger partial charge in [0.05, 0.1) is 18.8 Å². The van der Waals surface area contributed by atoms with Crippen LogP contribution >= 0.6 is 0 Å². The Morgan fingerprint density at radius 2 is 1.82 bits per heavy atom. The molecule has 182 valence electrons. The maximum Gasteiger partial charge on any atom is 0.414 e. The van der Waals surface area contributed by atoms with Gasteiger partial charge in [0.25, 0.3) is 0 Å². The average molecular weight is 468 g/mol. The molecular formula is C22H31F2N5O4. The van der Waals surface area contributed by atoms with Gasteiger partial charge in [-0.1, -0.05) is 0 Å². The van der Waals surface area contributed by atoms with Gasteiger partial charge in [0.15, 0.2) is 11.6 Å². The predicted octanol–water partition coefficient (Wildman–Crippen LogP) is 1.97. The smallest absolute Gasteiger partial charge is 0.414 e. The Bertz CT molecular complexity index is 865. The fourth-order valence-corrected chi connectivity index (χ4v) is 4.69. The van der Waals surface area contributed by atoms with Crippen molar-refractivity contribution < 1.29 is 27.9 Å². The number of hydrogen-bond donors (Lipinski definition) is 2. The second-order valence-corrected chi connectivity index (χ2v) is 8.77. The normalized spacial score (nSPS) is 23.2. The van der Waals surface area contributed by atoms with Crippen LogP contribution in [-0.2, 0) is 14.4 Å². The van der Waals surface area contributed by atoms with Gasteiger partial charge in [0, 0.05) is 45.2 Å². The minimum absolute atomic E-state index is 0.0863. The van der Waals surface area contributed by atoms with Crippen LogP contribution < -0.4 is 20.4 Å². The molecule has 3 fully saturated rings. The van der Waals surface area contributed by atoms with E-state index in [1.54, 1.807) is 4.90 Å². The van der Waals surface area contributed by atoms with E-state index >= 15 is 0 Å². The maximum absolute atomic E-state index is 15.0. The van der Waals surface area contributed by atoms with E-state index in [0.29, 0.717) is 26.2 Å². The van der Waals surface area contributed by atoms with Gasteiger partial charge in [-0.2, -0.15) is 5.06 Å². The predicted molar refractivity (Wildman–Crippen MR) is 118 cm³/mol. The summed E-state index contributed by atoms with van der Waals surface area (Å²) in [6, 6.07) is 2.30. The van der Waals surface area contributed by atoms with E-state index < -0.39 is 23.8 Å². The SMILES string of the molecule is CNC1(ON2CCN(c3c(F)cc(N4CC(CNC(C)=O)OC4=O)cc3F)CC2)CCCC1. The van der Waals surface area contributed by atoms with Gasteiger partial charge in [-0.25, -0.2) is 13.6 Å².